The number of para-hydroxylation sites is 2. The topological polar surface area (TPSA) is 28.4 Å². The molecule has 0 saturated heterocycles. The van der Waals surface area contributed by atoms with Gasteiger partial charge < -0.3 is 14.6 Å². The Bertz CT molecular complexity index is 3320. The zero-order valence-corrected chi connectivity index (χ0v) is 36.9. The smallest absolute Gasteiger partial charge is 0.197 e. The van der Waals surface area contributed by atoms with Crippen molar-refractivity contribution in [2.45, 2.75) is 70.6 Å². The number of furan rings is 1. The van der Waals surface area contributed by atoms with Gasteiger partial charge in [-0.1, -0.05) is 168 Å². The first kappa shape index (κ1) is 37.9. The molecule has 3 heterocycles. The quantitative estimate of drug-likeness (QED) is 0.176. The number of hydrogen-bond acceptors (Lipinski definition) is 3. The lowest BCUT2D eigenvalue weighted by molar-refractivity contribution is 0.331. The molecule has 63 heavy (non-hydrogen) atoms. The largest absolute Gasteiger partial charge is 0.456 e. The van der Waals surface area contributed by atoms with Crippen LogP contribution in [0.1, 0.15) is 76.6 Å². The van der Waals surface area contributed by atoms with Crippen LogP contribution in [0, 0.1) is 0 Å². The first-order valence-corrected chi connectivity index (χ1v) is 22.5. The molecule has 305 valence electrons. The van der Waals surface area contributed by atoms with Crippen molar-refractivity contribution >= 4 is 68.6 Å². The van der Waals surface area contributed by atoms with E-state index in [0.717, 1.165) is 62.1 Å². The fourth-order valence-electron chi connectivity index (χ4n) is 11.1. The summed E-state index contributed by atoms with van der Waals surface area (Å²) in [5, 5.41) is 6.19. The van der Waals surface area contributed by atoms with Crippen molar-refractivity contribution in [1.82, 2.24) is 0 Å². The molecule has 1 radical (unpaired) electrons. The summed E-state index contributed by atoms with van der Waals surface area (Å²) in [5.41, 5.74) is 22.5. The van der Waals surface area contributed by atoms with E-state index in [4.69, 9.17) is 4.42 Å². The predicted octanol–water partition coefficient (Wildman–Crippen LogP) is 14.8. The minimum absolute atomic E-state index is 0.0542. The van der Waals surface area contributed by atoms with Crippen LogP contribution in [0.5, 0.6) is 0 Å². The van der Waals surface area contributed by atoms with Crippen LogP contribution in [-0.2, 0) is 16.2 Å². The Balaban J connectivity index is 1.16. The van der Waals surface area contributed by atoms with Gasteiger partial charge >= 0.3 is 0 Å². The zero-order chi connectivity index (χ0) is 42.8. The average molecular weight is 814 g/mol. The molecule has 4 heteroatoms. The second-order valence-corrected chi connectivity index (χ2v) is 19.9. The lowest BCUT2D eigenvalue weighted by Gasteiger charge is -2.49. The third-order valence-electron chi connectivity index (χ3n) is 14.7. The maximum atomic E-state index is 6.97. The van der Waals surface area contributed by atoms with Crippen molar-refractivity contribution in [2.75, 3.05) is 10.2 Å². The summed E-state index contributed by atoms with van der Waals surface area (Å²) in [5.74, 6) is 0. The highest BCUT2D eigenvalue weighted by molar-refractivity contribution is 6.74. The Morgan fingerprint density at radius 1 is 0.524 bits per heavy atom. The minimum Gasteiger partial charge on any atom is -0.456 e. The minimum atomic E-state index is -0.211. The molecule has 1 N–H and O–H groups in total. The van der Waals surface area contributed by atoms with E-state index in [1.807, 2.05) is 0 Å². The van der Waals surface area contributed by atoms with Crippen LogP contribution in [-0.4, -0.2) is 7.28 Å². The Hall–Kier alpha value is -6.78. The van der Waals surface area contributed by atoms with Crippen molar-refractivity contribution in [1.29, 1.82) is 0 Å². The van der Waals surface area contributed by atoms with Crippen molar-refractivity contribution in [3.63, 3.8) is 0 Å². The first-order valence-electron chi connectivity index (χ1n) is 22.5. The fraction of sp³-hybridized carbons (Fsp3) is 0.186. The van der Waals surface area contributed by atoms with Gasteiger partial charge in [-0.25, -0.2) is 0 Å². The van der Waals surface area contributed by atoms with Gasteiger partial charge in [-0.05, 0) is 116 Å². The molecule has 12 rings (SSSR count). The van der Waals surface area contributed by atoms with Gasteiger partial charge in [0.1, 0.15) is 11.2 Å². The lowest BCUT2D eigenvalue weighted by Crippen LogP contribution is -2.46. The summed E-state index contributed by atoms with van der Waals surface area (Å²) in [6.45, 7) is 14.6. The standard InChI is InChI=1S/C59H50BN2O/c1-57(2)29-30-58(3,4)45-34-49-46(33-44(45)57)59(5,6)43-24-16-25-47-56(43)62(49)50-35-52-53(41-23-13-14-26-51(41)63-52)54(55(50)60-47)42-32-39(37-19-11-8-12-20-37)27-28-48(42)61-40-22-15-21-38(31-40)36-17-9-7-10-18-36/h7-28,31-35,61H,29-30H2,1-6H3. The molecule has 1 aromatic heterocycles. The number of anilines is 5. The van der Waals surface area contributed by atoms with E-state index < -0.39 is 0 Å². The van der Waals surface area contributed by atoms with Crippen molar-refractivity contribution in [3.8, 4) is 33.4 Å². The van der Waals surface area contributed by atoms with Gasteiger partial charge in [-0.15, -0.1) is 0 Å². The maximum absolute atomic E-state index is 6.97. The molecule has 1 aliphatic carbocycles. The fourth-order valence-corrected chi connectivity index (χ4v) is 11.1. The van der Waals surface area contributed by atoms with E-state index in [0.29, 0.717) is 0 Å². The Morgan fingerprint density at radius 3 is 1.92 bits per heavy atom. The molecule has 0 atom stereocenters. The molecule has 9 aromatic rings. The number of nitrogens with zero attached hydrogens (tertiary/aromatic N) is 1. The van der Waals surface area contributed by atoms with E-state index in [9.17, 15) is 0 Å². The van der Waals surface area contributed by atoms with Gasteiger partial charge in [0.05, 0.1) is 5.69 Å². The van der Waals surface area contributed by atoms with Gasteiger partial charge in [0.2, 0.25) is 0 Å². The van der Waals surface area contributed by atoms with Gasteiger partial charge in [0.25, 0.3) is 0 Å². The van der Waals surface area contributed by atoms with Crippen LogP contribution in [0.4, 0.5) is 28.4 Å². The summed E-state index contributed by atoms with van der Waals surface area (Å²) >= 11 is 0. The zero-order valence-electron chi connectivity index (χ0n) is 36.9. The molecule has 0 bridgehead atoms. The molecule has 0 saturated carbocycles. The van der Waals surface area contributed by atoms with Crippen LogP contribution in [0.15, 0.2) is 168 Å². The molecule has 0 fully saturated rings. The summed E-state index contributed by atoms with van der Waals surface area (Å²) in [6, 6.07) is 60.0. The molecule has 8 aromatic carbocycles. The highest BCUT2D eigenvalue weighted by Gasteiger charge is 2.45. The molecule has 3 aliphatic rings. The van der Waals surface area contributed by atoms with E-state index in [1.54, 1.807) is 0 Å². The summed E-state index contributed by atoms with van der Waals surface area (Å²) in [7, 11) is 2.46. The Labute approximate surface area is 371 Å². The number of hydrogen-bond donors (Lipinski definition) is 1. The highest BCUT2D eigenvalue weighted by atomic mass is 16.3. The second-order valence-electron chi connectivity index (χ2n) is 19.9. The van der Waals surface area contributed by atoms with E-state index in [1.165, 1.54) is 67.7 Å². The second kappa shape index (κ2) is 13.6. The van der Waals surface area contributed by atoms with Crippen LogP contribution in [0.25, 0.3) is 55.3 Å². The molecule has 3 nitrogen and oxygen atoms in total. The van der Waals surface area contributed by atoms with Crippen molar-refractivity contribution in [3.05, 3.63) is 186 Å². The molecule has 0 unspecified atom stereocenters. The molecular formula is C59H50BN2O. The number of rotatable bonds is 5. The Morgan fingerprint density at radius 2 is 1.17 bits per heavy atom. The monoisotopic (exact) mass is 813 g/mol. The summed E-state index contributed by atoms with van der Waals surface area (Å²) in [4.78, 5) is 2.60. The average Bonchev–Trinajstić information content (AvgIpc) is 3.67. The summed E-state index contributed by atoms with van der Waals surface area (Å²) < 4.78 is 6.97. The maximum Gasteiger partial charge on any atom is 0.197 e. The van der Waals surface area contributed by atoms with Crippen LogP contribution < -0.4 is 21.1 Å². The van der Waals surface area contributed by atoms with Crippen LogP contribution >= 0.6 is 0 Å². The molecule has 0 amide bonds. The first-order chi connectivity index (χ1) is 30.5. The van der Waals surface area contributed by atoms with Gasteiger partial charge in [0, 0.05) is 50.6 Å². The van der Waals surface area contributed by atoms with E-state index >= 15 is 0 Å². The predicted molar refractivity (Wildman–Crippen MR) is 267 cm³/mol. The number of fused-ring (bicyclic) bond motifs is 8. The van der Waals surface area contributed by atoms with Gasteiger partial charge in [0.15, 0.2) is 7.28 Å². The van der Waals surface area contributed by atoms with Crippen LogP contribution in [0.2, 0.25) is 0 Å². The number of benzene rings is 8. The van der Waals surface area contributed by atoms with Gasteiger partial charge in [-0.3, -0.25) is 0 Å². The highest BCUT2D eigenvalue weighted by Crippen LogP contribution is 2.57. The van der Waals surface area contributed by atoms with Crippen LogP contribution in [0.3, 0.4) is 0 Å². The normalized spacial score (nSPS) is 16.1. The third-order valence-corrected chi connectivity index (χ3v) is 14.7. The SMILES string of the molecule is CC1(C)CCC(C)(C)c2cc3c(cc21)N1c2cc4oc5ccccc5c4c(-c4cc(-c5ccccc5)ccc4Nc4cccc(-c5ccccc5)c4)c2[B]c2cccc(c21)C3(C)C. The summed E-state index contributed by atoms with van der Waals surface area (Å²) in [6.07, 6.45) is 2.34. The van der Waals surface area contributed by atoms with Crippen molar-refractivity contribution in [2.24, 2.45) is 0 Å². The van der Waals surface area contributed by atoms with Crippen molar-refractivity contribution < 1.29 is 4.42 Å². The molecule has 2 aliphatic heterocycles. The third kappa shape index (κ3) is 5.80. The van der Waals surface area contributed by atoms with E-state index in [2.05, 4.69) is 223 Å². The Kier molecular flexibility index (Phi) is 8.20. The molecule has 0 spiro atoms. The lowest BCUT2D eigenvalue weighted by atomic mass is 9.55. The van der Waals surface area contributed by atoms with Gasteiger partial charge in [-0.2, -0.15) is 0 Å². The van der Waals surface area contributed by atoms with E-state index in [-0.39, 0.29) is 16.2 Å². The molecular weight excluding hydrogens is 763 g/mol. The number of nitrogens with one attached hydrogen (secondary N) is 1.